The van der Waals surface area contributed by atoms with Crippen LogP contribution in [0.5, 0.6) is 0 Å². The molecule has 0 radical (unpaired) electrons. The Morgan fingerprint density at radius 3 is 2.41 bits per heavy atom. The smallest absolute Gasteiger partial charge is 0.355 e. The molecule has 0 unspecified atom stereocenters. The number of benzene rings is 2. The number of rotatable bonds is 6. The number of H-pyrrole nitrogens is 1. The maximum Gasteiger partial charge on any atom is 0.355 e. The Balaban J connectivity index is 1.63. The molecule has 0 aliphatic carbocycles. The highest BCUT2D eigenvalue weighted by atomic mass is 16.5. The van der Waals surface area contributed by atoms with Crippen LogP contribution in [0, 0.1) is 0 Å². The van der Waals surface area contributed by atoms with Crippen LogP contribution >= 0.6 is 0 Å². The SMILES string of the molecule is CC(=O)c1c[nH]c(C(=O)OCC(=O)Nc2ccccc2-c2ccccc2)c1. The summed E-state index contributed by atoms with van der Waals surface area (Å²) in [5.74, 6) is -1.32. The average molecular weight is 362 g/mol. The molecule has 0 aliphatic heterocycles. The van der Waals surface area contributed by atoms with Crippen LogP contribution in [0.2, 0.25) is 0 Å². The fourth-order valence-electron chi connectivity index (χ4n) is 2.57. The van der Waals surface area contributed by atoms with Crippen molar-refractivity contribution in [3.63, 3.8) is 0 Å². The molecule has 0 aliphatic rings. The number of para-hydroxylation sites is 1. The number of hydrogen-bond donors (Lipinski definition) is 2. The van der Waals surface area contributed by atoms with Gasteiger partial charge in [-0.1, -0.05) is 48.5 Å². The lowest BCUT2D eigenvalue weighted by Crippen LogP contribution is -2.21. The molecule has 1 aromatic heterocycles. The predicted molar refractivity (Wildman–Crippen MR) is 102 cm³/mol. The molecular weight excluding hydrogens is 344 g/mol. The molecule has 0 saturated heterocycles. The fraction of sp³-hybridized carbons (Fsp3) is 0.0952. The minimum Gasteiger partial charge on any atom is -0.451 e. The number of Topliss-reactive ketones (excluding diaryl/α,β-unsaturated/α-hetero) is 1. The molecule has 136 valence electrons. The zero-order valence-corrected chi connectivity index (χ0v) is 14.7. The van der Waals surface area contributed by atoms with Crippen molar-refractivity contribution in [2.75, 3.05) is 11.9 Å². The molecule has 3 aromatic rings. The first-order valence-corrected chi connectivity index (χ1v) is 8.35. The number of carbonyl (C=O) groups excluding carboxylic acids is 3. The number of aromatic amines is 1. The van der Waals surface area contributed by atoms with Gasteiger partial charge in [-0.2, -0.15) is 0 Å². The summed E-state index contributed by atoms with van der Waals surface area (Å²) in [4.78, 5) is 38.1. The first kappa shape index (κ1) is 18.1. The average Bonchev–Trinajstić information content (AvgIpc) is 3.18. The third-order valence-electron chi connectivity index (χ3n) is 3.93. The Morgan fingerprint density at radius 2 is 1.70 bits per heavy atom. The highest BCUT2D eigenvalue weighted by molar-refractivity contribution is 5.99. The van der Waals surface area contributed by atoms with E-state index in [0.717, 1.165) is 11.1 Å². The van der Waals surface area contributed by atoms with Crippen molar-refractivity contribution < 1.29 is 19.1 Å². The maximum absolute atomic E-state index is 12.2. The largest absolute Gasteiger partial charge is 0.451 e. The van der Waals surface area contributed by atoms with Gasteiger partial charge in [0.2, 0.25) is 0 Å². The lowest BCUT2D eigenvalue weighted by molar-refractivity contribution is -0.119. The summed E-state index contributed by atoms with van der Waals surface area (Å²) in [6.45, 7) is 0.965. The standard InChI is InChI=1S/C21H18N2O4/c1-14(24)16-11-19(22-12-16)21(26)27-13-20(25)23-18-10-6-5-9-17(18)15-7-3-2-4-8-15/h2-12,22H,13H2,1H3,(H,23,25). The third kappa shape index (κ3) is 4.49. The molecule has 0 saturated carbocycles. The van der Waals surface area contributed by atoms with Crippen molar-refractivity contribution in [2.45, 2.75) is 6.92 Å². The van der Waals surface area contributed by atoms with E-state index >= 15 is 0 Å². The third-order valence-corrected chi connectivity index (χ3v) is 3.93. The van der Waals surface area contributed by atoms with Crippen LogP contribution in [0.3, 0.4) is 0 Å². The maximum atomic E-state index is 12.2. The topological polar surface area (TPSA) is 88.3 Å². The van der Waals surface area contributed by atoms with E-state index in [1.807, 2.05) is 48.5 Å². The van der Waals surface area contributed by atoms with Crippen molar-refractivity contribution in [2.24, 2.45) is 0 Å². The molecule has 6 nitrogen and oxygen atoms in total. The fourth-order valence-corrected chi connectivity index (χ4v) is 2.57. The van der Waals surface area contributed by atoms with Gasteiger partial charge in [0.25, 0.3) is 5.91 Å². The zero-order chi connectivity index (χ0) is 19.2. The Labute approximate surface area is 156 Å². The van der Waals surface area contributed by atoms with Crippen LogP contribution < -0.4 is 5.32 Å². The molecule has 1 amide bonds. The van der Waals surface area contributed by atoms with Crippen LogP contribution in [-0.4, -0.2) is 29.3 Å². The summed E-state index contributed by atoms with van der Waals surface area (Å²) in [6, 6.07) is 18.4. The van der Waals surface area contributed by atoms with Crippen LogP contribution in [0.25, 0.3) is 11.1 Å². The van der Waals surface area contributed by atoms with E-state index in [0.29, 0.717) is 11.3 Å². The van der Waals surface area contributed by atoms with Crippen LogP contribution in [0.1, 0.15) is 27.8 Å². The molecule has 1 heterocycles. The molecule has 27 heavy (non-hydrogen) atoms. The van der Waals surface area contributed by atoms with E-state index < -0.39 is 18.5 Å². The second-order valence-corrected chi connectivity index (χ2v) is 5.89. The molecule has 3 rings (SSSR count). The molecule has 6 heteroatoms. The number of amides is 1. The van der Waals surface area contributed by atoms with Crippen LogP contribution in [0.15, 0.2) is 66.9 Å². The Kier molecular flexibility index (Phi) is 5.47. The van der Waals surface area contributed by atoms with Crippen molar-refractivity contribution in [1.29, 1.82) is 0 Å². The highest BCUT2D eigenvalue weighted by Gasteiger charge is 2.14. The summed E-state index contributed by atoms with van der Waals surface area (Å²) >= 11 is 0. The number of carbonyl (C=O) groups is 3. The number of ketones is 1. The van der Waals surface area contributed by atoms with Gasteiger partial charge in [-0.3, -0.25) is 9.59 Å². The minimum absolute atomic E-state index is 0.123. The summed E-state index contributed by atoms with van der Waals surface area (Å²) in [5.41, 5.74) is 2.96. The van der Waals surface area contributed by atoms with Crippen LogP contribution in [0.4, 0.5) is 5.69 Å². The molecular formula is C21H18N2O4. The predicted octanol–water partition coefficient (Wildman–Crippen LogP) is 3.68. The van der Waals surface area contributed by atoms with Gasteiger partial charge in [0, 0.05) is 23.0 Å². The first-order chi connectivity index (χ1) is 13.0. The van der Waals surface area contributed by atoms with Crippen molar-refractivity contribution in [3.05, 3.63) is 78.1 Å². The van der Waals surface area contributed by atoms with Gasteiger partial charge in [-0.25, -0.2) is 4.79 Å². The van der Waals surface area contributed by atoms with Gasteiger partial charge in [0.15, 0.2) is 12.4 Å². The summed E-state index contributed by atoms with van der Waals surface area (Å²) in [5, 5.41) is 2.76. The van der Waals surface area contributed by atoms with E-state index in [-0.39, 0.29) is 11.5 Å². The number of anilines is 1. The molecule has 0 fully saturated rings. The molecule has 2 aromatic carbocycles. The highest BCUT2D eigenvalue weighted by Crippen LogP contribution is 2.27. The van der Waals surface area contributed by atoms with E-state index in [9.17, 15) is 14.4 Å². The lowest BCUT2D eigenvalue weighted by Gasteiger charge is -2.11. The first-order valence-electron chi connectivity index (χ1n) is 8.35. The number of aromatic nitrogens is 1. The minimum atomic E-state index is -0.700. The molecule has 2 N–H and O–H groups in total. The van der Waals surface area contributed by atoms with Crippen LogP contribution in [-0.2, 0) is 9.53 Å². The van der Waals surface area contributed by atoms with Crippen molar-refractivity contribution in [1.82, 2.24) is 4.98 Å². The second kappa shape index (κ2) is 8.14. The normalized spacial score (nSPS) is 10.3. The Bertz CT molecular complexity index is 977. The monoisotopic (exact) mass is 362 g/mol. The van der Waals surface area contributed by atoms with E-state index in [1.54, 1.807) is 6.07 Å². The van der Waals surface area contributed by atoms with Gasteiger partial charge in [0.1, 0.15) is 5.69 Å². The second-order valence-electron chi connectivity index (χ2n) is 5.89. The van der Waals surface area contributed by atoms with Crippen molar-refractivity contribution >= 4 is 23.3 Å². The molecule has 0 atom stereocenters. The molecule has 0 bridgehead atoms. The van der Waals surface area contributed by atoms with Gasteiger partial charge in [-0.05, 0) is 24.6 Å². The number of esters is 1. The Hall–Kier alpha value is -3.67. The quantitative estimate of drug-likeness (QED) is 0.517. The molecule has 0 spiro atoms. The van der Waals surface area contributed by atoms with E-state index in [4.69, 9.17) is 4.74 Å². The Morgan fingerprint density at radius 1 is 1.00 bits per heavy atom. The summed E-state index contributed by atoms with van der Waals surface area (Å²) in [7, 11) is 0. The van der Waals surface area contributed by atoms with E-state index in [2.05, 4.69) is 10.3 Å². The van der Waals surface area contributed by atoms with Gasteiger partial charge < -0.3 is 15.0 Å². The number of ether oxygens (including phenoxy) is 1. The summed E-state index contributed by atoms with van der Waals surface area (Å²) < 4.78 is 5.01. The van der Waals surface area contributed by atoms with Gasteiger partial charge >= 0.3 is 5.97 Å². The van der Waals surface area contributed by atoms with E-state index in [1.165, 1.54) is 19.2 Å². The van der Waals surface area contributed by atoms with Crippen molar-refractivity contribution in [3.8, 4) is 11.1 Å². The zero-order valence-electron chi connectivity index (χ0n) is 14.7. The van der Waals surface area contributed by atoms with Gasteiger partial charge in [-0.15, -0.1) is 0 Å². The van der Waals surface area contributed by atoms with Gasteiger partial charge in [0.05, 0.1) is 0 Å². The number of nitrogens with one attached hydrogen (secondary N) is 2. The lowest BCUT2D eigenvalue weighted by atomic mass is 10.0. The summed E-state index contributed by atoms with van der Waals surface area (Å²) in [6.07, 6.45) is 1.43. The number of hydrogen-bond acceptors (Lipinski definition) is 4.